The molecule has 1 aliphatic carbocycles. The van der Waals surface area contributed by atoms with Gasteiger partial charge in [0.15, 0.2) is 5.82 Å². The van der Waals surface area contributed by atoms with Crippen molar-refractivity contribution in [3.63, 3.8) is 0 Å². The molecule has 5 rings (SSSR count). The molecule has 11 nitrogen and oxygen atoms in total. The van der Waals surface area contributed by atoms with Crippen LogP contribution >= 0.6 is 0 Å². The number of amides is 2. The normalized spacial score (nSPS) is 20.8. The second-order valence-electron chi connectivity index (χ2n) is 9.40. The lowest BCUT2D eigenvalue weighted by molar-refractivity contribution is -0.147. The summed E-state index contributed by atoms with van der Waals surface area (Å²) in [6.07, 6.45) is -7.59. The lowest BCUT2D eigenvalue weighted by Crippen LogP contribution is -2.45. The van der Waals surface area contributed by atoms with Crippen LogP contribution in [0.4, 0.5) is 37.0 Å². The summed E-state index contributed by atoms with van der Waals surface area (Å²) in [7, 11) is 1.20. The highest BCUT2D eigenvalue weighted by Crippen LogP contribution is 2.40. The lowest BCUT2D eigenvalue weighted by Gasteiger charge is -2.34. The molecule has 0 aromatic carbocycles. The van der Waals surface area contributed by atoms with Crippen molar-refractivity contribution in [2.24, 2.45) is 0 Å². The van der Waals surface area contributed by atoms with E-state index in [9.17, 15) is 35.9 Å². The third kappa shape index (κ3) is 5.02. The predicted molar refractivity (Wildman–Crippen MR) is 124 cm³/mol. The molecule has 2 fully saturated rings. The van der Waals surface area contributed by atoms with E-state index < -0.39 is 78.7 Å². The lowest BCUT2D eigenvalue weighted by atomic mass is 9.91. The van der Waals surface area contributed by atoms with Crippen molar-refractivity contribution in [3.05, 3.63) is 35.8 Å². The van der Waals surface area contributed by atoms with Gasteiger partial charge < -0.3 is 25.4 Å². The highest BCUT2D eigenvalue weighted by atomic mass is 19.4. The van der Waals surface area contributed by atoms with Crippen LogP contribution in [0.15, 0.2) is 24.7 Å². The van der Waals surface area contributed by atoms with Crippen molar-refractivity contribution in [1.82, 2.24) is 29.8 Å². The van der Waals surface area contributed by atoms with E-state index in [1.54, 1.807) is 0 Å². The number of carbonyl (C=O) groups excluding carboxylic acids is 2. The molecule has 0 bridgehead atoms. The zero-order valence-electron chi connectivity index (χ0n) is 20.6. The highest BCUT2D eigenvalue weighted by molar-refractivity contribution is 5.98. The molecule has 2 amide bonds. The largest absolute Gasteiger partial charge is 0.480 e. The van der Waals surface area contributed by atoms with Crippen LogP contribution in [0.25, 0.3) is 16.8 Å². The number of ether oxygens (including phenoxy) is 2. The van der Waals surface area contributed by atoms with Gasteiger partial charge in [-0.15, -0.1) is 0 Å². The average Bonchev–Trinajstić information content (AvgIpc) is 3.44. The highest BCUT2D eigenvalue weighted by Gasteiger charge is 2.49. The number of nitrogens with one attached hydrogen (secondary N) is 1. The van der Waals surface area contributed by atoms with Gasteiger partial charge in [-0.25, -0.2) is 32.4 Å². The summed E-state index contributed by atoms with van der Waals surface area (Å²) in [4.78, 5) is 34.0. The van der Waals surface area contributed by atoms with Crippen LogP contribution in [0.2, 0.25) is 0 Å². The maximum absolute atomic E-state index is 14.7. The van der Waals surface area contributed by atoms with Gasteiger partial charge in [0.1, 0.15) is 29.7 Å². The number of nitrogens with zero attached hydrogens (tertiary/aromatic N) is 5. The van der Waals surface area contributed by atoms with Crippen molar-refractivity contribution < 1.29 is 45.4 Å². The minimum atomic E-state index is -4.80. The molecule has 0 unspecified atom stereocenters. The molecular formula is C23H21F6N7O4. The Morgan fingerprint density at radius 1 is 1.18 bits per heavy atom. The third-order valence-corrected chi connectivity index (χ3v) is 6.62. The maximum Gasteiger partial charge on any atom is 0.418 e. The van der Waals surface area contributed by atoms with E-state index in [-0.39, 0.29) is 29.2 Å². The molecule has 214 valence electrons. The Kier molecular flexibility index (Phi) is 6.62. The van der Waals surface area contributed by atoms with Gasteiger partial charge in [-0.3, -0.25) is 4.79 Å². The number of alkyl halides is 6. The number of hydrogen-bond donors (Lipinski definition) is 2. The molecule has 2 atom stereocenters. The molecule has 40 heavy (non-hydrogen) atoms. The van der Waals surface area contributed by atoms with E-state index in [0.29, 0.717) is 0 Å². The SMILES string of the molecule is COc1ncc(-c2cc(C(F)(F)F)c3c(N)ncnn23)cc1C(=O)N[C@@H]1CN(C(=O)OC2CC(F)(F)C2)C[C@@H]1F. The Hall–Kier alpha value is -4.31. The zero-order valence-corrected chi connectivity index (χ0v) is 20.6. The van der Waals surface area contributed by atoms with Crippen molar-refractivity contribution in [1.29, 1.82) is 0 Å². The summed E-state index contributed by atoms with van der Waals surface area (Å²) in [5.41, 5.74) is 3.76. The van der Waals surface area contributed by atoms with E-state index in [1.807, 2.05) is 0 Å². The minimum absolute atomic E-state index is 0.0280. The number of hydrogen-bond acceptors (Lipinski definition) is 8. The van der Waals surface area contributed by atoms with Gasteiger partial charge in [0.2, 0.25) is 5.88 Å². The summed E-state index contributed by atoms with van der Waals surface area (Å²) in [6.45, 7) is -0.751. The average molecular weight is 573 g/mol. The van der Waals surface area contributed by atoms with Crippen molar-refractivity contribution in [2.45, 2.75) is 43.3 Å². The number of nitrogens with two attached hydrogens (primary N) is 1. The molecule has 1 aliphatic heterocycles. The van der Waals surface area contributed by atoms with Gasteiger partial charge in [0.25, 0.3) is 11.8 Å². The van der Waals surface area contributed by atoms with Crippen LogP contribution in [-0.2, 0) is 10.9 Å². The van der Waals surface area contributed by atoms with Gasteiger partial charge in [-0.1, -0.05) is 0 Å². The first-order chi connectivity index (χ1) is 18.8. The molecule has 3 aromatic heterocycles. The van der Waals surface area contributed by atoms with Crippen LogP contribution in [0.1, 0.15) is 28.8 Å². The number of anilines is 1. The first-order valence-corrected chi connectivity index (χ1v) is 11.8. The Morgan fingerprint density at radius 2 is 1.90 bits per heavy atom. The maximum atomic E-state index is 14.7. The number of methoxy groups -OCH3 is 1. The quantitative estimate of drug-likeness (QED) is 0.445. The van der Waals surface area contributed by atoms with Gasteiger partial charge in [0.05, 0.1) is 31.0 Å². The van der Waals surface area contributed by atoms with Crippen LogP contribution in [0, 0.1) is 0 Å². The van der Waals surface area contributed by atoms with Crippen LogP contribution < -0.4 is 15.8 Å². The van der Waals surface area contributed by atoms with Crippen molar-refractivity contribution in [3.8, 4) is 17.1 Å². The van der Waals surface area contributed by atoms with Gasteiger partial charge in [-0.2, -0.15) is 18.3 Å². The molecule has 1 saturated carbocycles. The summed E-state index contributed by atoms with van der Waals surface area (Å²) in [5, 5.41) is 6.27. The molecule has 3 N–H and O–H groups in total. The number of carbonyl (C=O) groups is 2. The number of likely N-dealkylation sites (tertiary alicyclic amines) is 1. The first-order valence-electron chi connectivity index (χ1n) is 11.8. The third-order valence-electron chi connectivity index (χ3n) is 6.62. The summed E-state index contributed by atoms with van der Waals surface area (Å²) in [6, 6.07) is 0.767. The number of halogens is 6. The van der Waals surface area contributed by atoms with Crippen LogP contribution in [0.3, 0.4) is 0 Å². The standard InChI is InChI=1S/C23H21F6N7O4/c1-39-20-12(19(37)34-15-8-35(7-14(15)24)21(38)40-11-4-22(25,26)5-11)2-10(6-31-20)16-3-13(23(27,28)29)17-18(30)32-9-33-36(16)17/h2-3,6,9,11,14-15H,4-5,7-8H2,1H3,(H,34,37)(H2,30,32,33)/t14-,15+/m0/s1. The van der Waals surface area contributed by atoms with Crippen LogP contribution in [-0.4, -0.2) is 80.9 Å². The minimum Gasteiger partial charge on any atom is -0.480 e. The molecule has 0 spiro atoms. The summed E-state index contributed by atoms with van der Waals surface area (Å²) in [5.74, 6) is -4.42. The molecule has 4 heterocycles. The van der Waals surface area contributed by atoms with Gasteiger partial charge in [0, 0.05) is 31.1 Å². The van der Waals surface area contributed by atoms with Crippen LogP contribution in [0.5, 0.6) is 5.88 Å². The van der Waals surface area contributed by atoms with E-state index >= 15 is 0 Å². The monoisotopic (exact) mass is 573 g/mol. The zero-order chi connectivity index (χ0) is 29.0. The second-order valence-corrected chi connectivity index (χ2v) is 9.40. The fraction of sp³-hybridized carbons (Fsp3) is 0.435. The second kappa shape index (κ2) is 9.71. The molecular weight excluding hydrogens is 552 g/mol. The molecule has 17 heteroatoms. The molecule has 3 aromatic rings. The molecule has 2 aliphatic rings. The fourth-order valence-electron chi connectivity index (χ4n) is 4.61. The number of fused-ring (bicyclic) bond motifs is 1. The Bertz CT molecular complexity index is 1470. The Morgan fingerprint density at radius 3 is 2.55 bits per heavy atom. The number of rotatable bonds is 5. The fourth-order valence-corrected chi connectivity index (χ4v) is 4.61. The summed E-state index contributed by atoms with van der Waals surface area (Å²) >= 11 is 0. The first kappa shape index (κ1) is 27.3. The number of nitrogen functional groups attached to an aromatic ring is 1. The van der Waals surface area contributed by atoms with Gasteiger partial charge in [-0.05, 0) is 12.1 Å². The predicted octanol–water partition coefficient (Wildman–Crippen LogP) is 3.09. The Labute approximate surface area is 221 Å². The van der Waals surface area contributed by atoms with E-state index in [4.69, 9.17) is 15.2 Å². The Balaban J connectivity index is 1.37. The number of aromatic nitrogens is 4. The topological polar surface area (TPSA) is 137 Å². The smallest absolute Gasteiger partial charge is 0.418 e. The van der Waals surface area contributed by atoms with Gasteiger partial charge >= 0.3 is 12.3 Å². The number of pyridine rings is 1. The van der Waals surface area contributed by atoms with E-state index in [0.717, 1.165) is 28.0 Å². The molecule has 0 radical (unpaired) electrons. The van der Waals surface area contributed by atoms with Crippen molar-refractivity contribution >= 4 is 23.3 Å². The van der Waals surface area contributed by atoms with E-state index in [2.05, 4.69) is 20.4 Å². The van der Waals surface area contributed by atoms with Crippen molar-refractivity contribution in [2.75, 3.05) is 25.9 Å². The summed E-state index contributed by atoms with van der Waals surface area (Å²) < 4.78 is 92.8. The van der Waals surface area contributed by atoms with E-state index in [1.165, 1.54) is 13.2 Å². The molecule has 1 saturated heterocycles.